The Morgan fingerprint density at radius 3 is 2.71 bits per heavy atom. The molecule has 0 radical (unpaired) electrons. The Morgan fingerprint density at radius 1 is 1.43 bits per heavy atom. The van der Waals surface area contributed by atoms with Gasteiger partial charge in [0.2, 0.25) is 10.0 Å². The summed E-state index contributed by atoms with van der Waals surface area (Å²) in [5, 5.41) is 12.2. The maximum atomic E-state index is 13.9. The van der Waals surface area contributed by atoms with E-state index in [2.05, 4.69) is 10.4 Å². The zero-order valence-electron chi connectivity index (χ0n) is 11.8. The summed E-state index contributed by atoms with van der Waals surface area (Å²) in [6.07, 6.45) is 2.65. The van der Waals surface area contributed by atoms with Crippen molar-refractivity contribution in [2.24, 2.45) is 12.2 Å². The van der Waals surface area contributed by atoms with Crippen molar-refractivity contribution in [1.29, 1.82) is 0 Å². The number of primary sulfonamides is 1. The molecule has 0 saturated carbocycles. The third-order valence-corrected chi connectivity index (χ3v) is 3.98. The van der Waals surface area contributed by atoms with Gasteiger partial charge in [0.1, 0.15) is 5.82 Å². The Morgan fingerprint density at radius 2 is 2.14 bits per heavy atom. The summed E-state index contributed by atoms with van der Waals surface area (Å²) in [6, 6.07) is 3.53. The summed E-state index contributed by atoms with van der Waals surface area (Å²) >= 11 is 0. The number of anilines is 1. The van der Waals surface area contributed by atoms with Crippen LogP contribution in [-0.2, 0) is 30.0 Å². The number of rotatable bonds is 5. The monoisotopic (exact) mass is 312 g/mol. The number of aryl methyl sites for hydroxylation is 2. The molecule has 0 unspecified atom stereocenters. The van der Waals surface area contributed by atoms with Gasteiger partial charge in [-0.05, 0) is 24.6 Å². The SMILES string of the molecule is CCc1nn(C)cc1CNc1ccc(S(N)(=O)=O)cc1F. The molecule has 0 aliphatic heterocycles. The maximum absolute atomic E-state index is 13.9. The van der Waals surface area contributed by atoms with Crippen LogP contribution in [0.4, 0.5) is 10.1 Å². The first kappa shape index (κ1) is 15.5. The molecular formula is C13H17FN4O2S. The van der Waals surface area contributed by atoms with Crippen molar-refractivity contribution in [3.05, 3.63) is 41.5 Å². The van der Waals surface area contributed by atoms with E-state index in [9.17, 15) is 12.8 Å². The molecule has 0 atom stereocenters. The third kappa shape index (κ3) is 3.59. The van der Waals surface area contributed by atoms with E-state index in [1.165, 1.54) is 12.1 Å². The van der Waals surface area contributed by atoms with Crippen LogP contribution in [-0.4, -0.2) is 18.2 Å². The third-order valence-electron chi connectivity index (χ3n) is 3.07. The van der Waals surface area contributed by atoms with Gasteiger partial charge in [-0.3, -0.25) is 4.68 Å². The second-order valence-electron chi connectivity index (χ2n) is 4.67. The van der Waals surface area contributed by atoms with Crippen LogP contribution in [0, 0.1) is 5.82 Å². The molecule has 0 amide bonds. The molecule has 2 aromatic rings. The van der Waals surface area contributed by atoms with Crippen molar-refractivity contribution in [2.45, 2.75) is 24.8 Å². The number of sulfonamides is 1. The summed E-state index contributed by atoms with van der Waals surface area (Å²) in [6.45, 7) is 2.40. The van der Waals surface area contributed by atoms with E-state index >= 15 is 0 Å². The molecule has 21 heavy (non-hydrogen) atoms. The van der Waals surface area contributed by atoms with Crippen LogP contribution in [0.1, 0.15) is 18.2 Å². The van der Waals surface area contributed by atoms with Crippen molar-refractivity contribution in [3.8, 4) is 0 Å². The van der Waals surface area contributed by atoms with Crippen molar-refractivity contribution < 1.29 is 12.8 Å². The van der Waals surface area contributed by atoms with Crippen molar-refractivity contribution in [3.63, 3.8) is 0 Å². The molecule has 1 aromatic carbocycles. The van der Waals surface area contributed by atoms with E-state index in [4.69, 9.17) is 5.14 Å². The Labute approximate surface area is 122 Å². The number of halogens is 1. The van der Waals surface area contributed by atoms with E-state index in [1.54, 1.807) is 4.68 Å². The summed E-state index contributed by atoms with van der Waals surface area (Å²) in [5.41, 5.74) is 2.12. The second kappa shape index (κ2) is 5.82. The zero-order valence-corrected chi connectivity index (χ0v) is 12.6. The fourth-order valence-corrected chi connectivity index (χ4v) is 2.56. The van der Waals surface area contributed by atoms with Gasteiger partial charge in [0.25, 0.3) is 0 Å². The number of nitrogens with two attached hydrogens (primary N) is 1. The first-order valence-corrected chi connectivity index (χ1v) is 7.93. The van der Waals surface area contributed by atoms with Crippen LogP contribution in [0.25, 0.3) is 0 Å². The van der Waals surface area contributed by atoms with Crippen LogP contribution in [0.15, 0.2) is 29.3 Å². The molecule has 2 rings (SSSR count). The smallest absolute Gasteiger partial charge is 0.238 e. The van der Waals surface area contributed by atoms with Gasteiger partial charge in [-0.2, -0.15) is 5.10 Å². The van der Waals surface area contributed by atoms with Gasteiger partial charge in [-0.1, -0.05) is 6.92 Å². The van der Waals surface area contributed by atoms with Crippen LogP contribution in [0.5, 0.6) is 0 Å². The normalized spacial score (nSPS) is 11.6. The van der Waals surface area contributed by atoms with Crippen molar-refractivity contribution >= 4 is 15.7 Å². The minimum atomic E-state index is -3.90. The number of benzene rings is 1. The van der Waals surface area contributed by atoms with Gasteiger partial charge in [0.05, 0.1) is 16.3 Å². The highest BCUT2D eigenvalue weighted by Gasteiger charge is 2.12. The largest absolute Gasteiger partial charge is 0.378 e. The highest BCUT2D eigenvalue weighted by atomic mass is 32.2. The lowest BCUT2D eigenvalue weighted by Crippen LogP contribution is -2.13. The molecule has 1 heterocycles. The molecule has 0 aliphatic rings. The van der Waals surface area contributed by atoms with Crippen molar-refractivity contribution in [1.82, 2.24) is 9.78 Å². The fraction of sp³-hybridized carbons (Fsp3) is 0.308. The topological polar surface area (TPSA) is 90.0 Å². The number of hydrogen-bond acceptors (Lipinski definition) is 4. The van der Waals surface area contributed by atoms with Crippen LogP contribution in [0.3, 0.4) is 0 Å². The average molecular weight is 312 g/mol. The Bertz CT molecular complexity index is 756. The second-order valence-corrected chi connectivity index (χ2v) is 6.23. The predicted molar refractivity (Wildman–Crippen MR) is 77.7 cm³/mol. The highest BCUT2D eigenvalue weighted by molar-refractivity contribution is 7.89. The summed E-state index contributed by atoms with van der Waals surface area (Å²) in [4.78, 5) is -0.249. The molecule has 1 aromatic heterocycles. The summed E-state index contributed by atoms with van der Waals surface area (Å²) in [5.74, 6) is -0.663. The number of nitrogens with one attached hydrogen (secondary N) is 1. The molecular weight excluding hydrogens is 295 g/mol. The standard InChI is InChI=1S/C13H17FN4O2S/c1-3-12-9(8-18(2)17-12)7-16-13-5-4-10(6-11(13)14)21(15,19)20/h4-6,8,16H,3,7H2,1-2H3,(H2,15,19,20). The first-order chi connectivity index (χ1) is 9.81. The molecule has 6 nitrogen and oxygen atoms in total. The van der Waals surface area contributed by atoms with Gasteiger partial charge in [-0.15, -0.1) is 0 Å². The molecule has 0 fully saturated rings. The first-order valence-electron chi connectivity index (χ1n) is 6.39. The number of nitrogens with zero attached hydrogens (tertiary/aromatic N) is 2. The minimum absolute atomic E-state index is 0.216. The molecule has 0 bridgehead atoms. The van der Waals surface area contributed by atoms with Crippen LogP contribution < -0.4 is 10.5 Å². The van der Waals surface area contributed by atoms with Crippen LogP contribution in [0.2, 0.25) is 0 Å². The van der Waals surface area contributed by atoms with E-state index in [-0.39, 0.29) is 10.6 Å². The molecule has 0 aliphatic carbocycles. The van der Waals surface area contributed by atoms with Gasteiger partial charge in [-0.25, -0.2) is 17.9 Å². The Kier molecular flexibility index (Phi) is 4.29. The molecule has 8 heteroatoms. The number of hydrogen-bond donors (Lipinski definition) is 2. The zero-order chi connectivity index (χ0) is 15.6. The Hall–Kier alpha value is -1.93. The lowest BCUT2D eigenvalue weighted by atomic mass is 10.2. The van der Waals surface area contributed by atoms with E-state index < -0.39 is 15.8 Å². The maximum Gasteiger partial charge on any atom is 0.238 e. The molecule has 0 spiro atoms. The van der Waals surface area contributed by atoms with Gasteiger partial charge >= 0.3 is 0 Å². The fourth-order valence-electron chi connectivity index (χ4n) is 2.04. The van der Waals surface area contributed by atoms with E-state index in [0.717, 1.165) is 23.7 Å². The molecule has 0 saturated heterocycles. The molecule has 3 N–H and O–H groups in total. The molecule has 114 valence electrons. The quantitative estimate of drug-likeness (QED) is 0.873. The predicted octanol–water partition coefficient (Wildman–Crippen LogP) is 1.38. The summed E-state index contributed by atoms with van der Waals surface area (Å²) < 4.78 is 37.9. The minimum Gasteiger partial charge on any atom is -0.378 e. The van der Waals surface area contributed by atoms with E-state index in [1.807, 2.05) is 20.2 Å². The summed E-state index contributed by atoms with van der Waals surface area (Å²) in [7, 11) is -2.07. The van der Waals surface area contributed by atoms with Gasteiger partial charge in [0, 0.05) is 25.4 Å². The van der Waals surface area contributed by atoms with E-state index in [0.29, 0.717) is 6.54 Å². The van der Waals surface area contributed by atoms with Crippen LogP contribution >= 0.6 is 0 Å². The number of aromatic nitrogens is 2. The lowest BCUT2D eigenvalue weighted by molar-refractivity contribution is 0.593. The van der Waals surface area contributed by atoms with Gasteiger partial charge < -0.3 is 5.32 Å². The average Bonchev–Trinajstić information content (AvgIpc) is 2.76. The Balaban J connectivity index is 2.17. The lowest BCUT2D eigenvalue weighted by Gasteiger charge is -2.08. The van der Waals surface area contributed by atoms with Gasteiger partial charge in [0.15, 0.2) is 0 Å². The van der Waals surface area contributed by atoms with Crippen molar-refractivity contribution in [2.75, 3.05) is 5.32 Å². The highest BCUT2D eigenvalue weighted by Crippen LogP contribution is 2.19.